The number of aromatic carboxylic acids is 1. The second-order valence-corrected chi connectivity index (χ2v) is 5.13. The molecule has 0 aliphatic heterocycles. The van der Waals surface area contributed by atoms with Gasteiger partial charge in [0.25, 0.3) is 0 Å². The van der Waals surface area contributed by atoms with Crippen molar-refractivity contribution in [1.82, 2.24) is 0 Å². The Morgan fingerprint density at radius 1 is 1.05 bits per heavy atom. The third-order valence-electron chi connectivity index (χ3n) is 2.79. The van der Waals surface area contributed by atoms with Gasteiger partial charge in [0.05, 0.1) is 17.0 Å². The first-order valence-corrected chi connectivity index (χ1v) is 6.79. The van der Waals surface area contributed by atoms with Gasteiger partial charge in [-0.2, -0.15) is 0 Å². The number of carboxylic acid groups (broad SMARTS) is 1. The molecule has 108 valence electrons. The molecule has 21 heavy (non-hydrogen) atoms. The van der Waals surface area contributed by atoms with Crippen LogP contribution in [0.5, 0.6) is 0 Å². The Balaban J connectivity index is 2.08. The lowest BCUT2D eigenvalue weighted by atomic mass is 10.1. The molecule has 0 aliphatic carbocycles. The van der Waals surface area contributed by atoms with Crippen LogP contribution in [0.1, 0.15) is 15.9 Å². The molecule has 1 amide bonds. The molecule has 0 bridgehead atoms. The van der Waals surface area contributed by atoms with E-state index in [2.05, 4.69) is 5.32 Å². The monoisotopic (exact) mass is 323 g/mol. The average molecular weight is 324 g/mol. The van der Waals surface area contributed by atoms with E-state index in [9.17, 15) is 9.59 Å². The van der Waals surface area contributed by atoms with Gasteiger partial charge in [-0.05, 0) is 29.8 Å². The van der Waals surface area contributed by atoms with Crippen molar-refractivity contribution in [2.75, 3.05) is 5.32 Å². The summed E-state index contributed by atoms with van der Waals surface area (Å²) in [5, 5.41) is 12.1. The fourth-order valence-corrected chi connectivity index (χ4v) is 2.25. The smallest absolute Gasteiger partial charge is 0.337 e. The lowest BCUT2D eigenvalue weighted by Gasteiger charge is -2.08. The van der Waals surface area contributed by atoms with Gasteiger partial charge in [0, 0.05) is 10.7 Å². The summed E-state index contributed by atoms with van der Waals surface area (Å²) in [4.78, 5) is 22.8. The van der Waals surface area contributed by atoms with Crippen molar-refractivity contribution in [2.24, 2.45) is 0 Å². The number of hydrogen-bond donors (Lipinski definition) is 2. The summed E-state index contributed by atoms with van der Waals surface area (Å²) in [6.45, 7) is 0. The van der Waals surface area contributed by atoms with Crippen LogP contribution in [0, 0.1) is 0 Å². The van der Waals surface area contributed by atoms with Crippen LogP contribution in [-0.4, -0.2) is 17.0 Å². The van der Waals surface area contributed by atoms with Gasteiger partial charge in [0.15, 0.2) is 0 Å². The summed E-state index contributed by atoms with van der Waals surface area (Å²) in [7, 11) is 0. The van der Waals surface area contributed by atoms with Crippen molar-refractivity contribution in [3.05, 3.63) is 63.6 Å². The van der Waals surface area contributed by atoms with Crippen molar-refractivity contribution >= 4 is 40.8 Å². The Morgan fingerprint density at radius 3 is 2.38 bits per heavy atom. The molecule has 0 radical (unpaired) electrons. The summed E-state index contributed by atoms with van der Waals surface area (Å²) >= 11 is 11.8. The van der Waals surface area contributed by atoms with E-state index in [4.69, 9.17) is 28.3 Å². The van der Waals surface area contributed by atoms with Crippen molar-refractivity contribution in [1.29, 1.82) is 0 Å². The lowest BCUT2D eigenvalue weighted by Crippen LogP contribution is -2.14. The van der Waals surface area contributed by atoms with E-state index >= 15 is 0 Å². The predicted molar refractivity (Wildman–Crippen MR) is 82.2 cm³/mol. The maximum Gasteiger partial charge on any atom is 0.337 e. The van der Waals surface area contributed by atoms with E-state index < -0.39 is 5.97 Å². The molecule has 0 spiro atoms. The highest BCUT2D eigenvalue weighted by Gasteiger charge is 2.11. The molecule has 4 nitrogen and oxygen atoms in total. The SMILES string of the molecule is O=C(Cc1ccccc1Cl)Nc1ccc(C(=O)O)c(Cl)c1. The largest absolute Gasteiger partial charge is 0.478 e. The fraction of sp³-hybridized carbons (Fsp3) is 0.0667. The first kappa shape index (κ1) is 15.4. The van der Waals surface area contributed by atoms with Crippen LogP contribution >= 0.6 is 23.2 Å². The minimum Gasteiger partial charge on any atom is -0.478 e. The van der Waals surface area contributed by atoms with Gasteiger partial charge in [0.2, 0.25) is 5.91 Å². The summed E-state index contributed by atoms with van der Waals surface area (Å²) in [5.41, 5.74) is 1.13. The highest BCUT2D eigenvalue weighted by Crippen LogP contribution is 2.22. The van der Waals surface area contributed by atoms with E-state index in [0.717, 1.165) is 0 Å². The molecule has 0 heterocycles. The number of rotatable bonds is 4. The summed E-state index contributed by atoms with van der Waals surface area (Å²) in [5.74, 6) is -1.38. The second-order valence-electron chi connectivity index (χ2n) is 4.32. The Kier molecular flexibility index (Phi) is 4.83. The van der Waals surface area contributed by atoms with Crippen LogP contribution in [0.4, 0.5) is 5.69 Å². The summed E-state index contributed by atoms with van der Waals surface area (Å²) in [6, 6.07) is 11.3. The second kappa shape index (κ2) is 6.61. The van der Waals surface area contributed by atoms with Crippen molar-refractivity contribution in [3.63, 3.8) is 0 Å². The molecular weight excluding hydrogens is 313 g/mol. The van der Waals surface area contributed by atoms with Gasteiger partial charge in [0.1, 0.15) is 0 Å². The van der Waals surface area contributed by atoms with Crippen molar-refractivity contribution < 1.29 is 14.7 Å². The molecule has 0 aromatic heterocycles. The fourth-order valence-electron chi connectivity index (χ4n) is 1.79. The number of benzene rings is 2. The lowest BCUT2D eigenvalue weighted by molar-refractivity contribution is -0.115. The minimum atomic E-state index is -1.12. The van der Waals surface area contributed by atoms with Gasteiger partial charge in [-0.3, -0.25) is 4.79 Å². The van der Waals surface area contributed by atoms with Gasteiger partial charge in [-0.25, -0.2) is 4.79 Å². The zero-order valence-corrected chi connectivity index (χ0v) is 12.3. The third-order valence-corrected chi connectivity index (χ3v) is 3.47. The van der Waals surface area contributed by atoms with E-state index in [1.807, 2.05) is 0 Å². The molecule has 2 N–H and O–H groups in total. The molecule has 2 aromatic carbocycles. The number of nitrogens with one attached hydrogen (secondary N) is 1. The first-order chi connectivity index (χ1) is 9.97. The maximum absolute atomic E-state index is 11.9. The van der Waals surface area contributed by atoms with E-state index in [-0.39, 0.29) is 22.9 Å². The predicted octanol–water partition coefficient (Wildman–Crippen LogP) is 3.87. The molecule has 0 saturated heterocycles. The van der Waals surface area contributed by atoms with Crippen LogP contribution in [-0.2, 0) is 11.2 Å². The topological polar surface area (TPSA) is 66.4 Å². The zero-order valence-electron chi connectivity index (χ0n) is 10.8. The maximum atomic E-state index is 11.9. The van der Waals surface area contributed by atoms with Gasteiger partial charge in [-0.15, -0.1) is 0 Å². The van der Waals surface area contributed by atoms with Crippen LogP contribution in [0.2, 0.25) is 10.0 Å². The Labute approximate surface area is 131 Å². The highest BCUT2D eigenvalue weighted by atomic mass is 35.5. The molecule has 2 aromatic rings. The first-order valence-electron chi connectivity index (χ1n) is 6.03. The zero-order chi connectivity index (χ0) is 15.4. The minimum absolute atomic E-state index is 0.0132. The van der Waals surface area contributed by atoms with Crippen LogP contribution < -0.4 is 5.32 Å². The molecule has 2 rings (SSSR count). The Hall–Kier alpha value is -2.04. The number of anilines is 1. The standard InChI is InChI=1S/C15H11Cl2NO3/c16-12-4-2-1-3-9(12)7-14(19)18-10-5-6-11(15(20)21)13(17)8-10/h1-6,8H,7H2,(H,18,19)(H,20,21). The average Bonchev–Trinajstić information content (AvgIpc) is 2.41. The van der Waals surface area contributed by atoms with Crippen LogP contribution in [0.3, 0.4) is 0 Å². The van der Waals surface area contributed by atoms with Crippen LogP contribution in [0.25, 0.3) is 0 Å². The molecule has 0 aliphatic rings. The number of carboxylic acids is 1. The molecule has 0 atom stereocenters. The van der Waals surface area contributed by atoms with Crippen LogP contribution in [0.15, 0.2) is 42.5 Å². The van der Waals surface area contributed by atoms with Gasteiger partial charge < -0.3 is 10.4 Å². The number of amides is 1. The summed E-state index contributed by atoms with van der Waals surface area (Å²) in [6.07, 6.45) is 0.123. The van der Waals surface area contributed by atoms with Gasteiger partial charge >= 0.3 is 5.97 Å². The molecule has 0 unspecified atom stereocenters. The third kappa shape index (κ3) is 3.97. The number of carbonyl (C=O) groups excluding carboxylic acids is 1. The molecular formula is C15H11Cl2NO3. The number of carbonyl (C=O) groups is 2. The number of hydrogen-bond acceptors (Lipinski definition) is 2. The molecule has 0 saturated carbocycles. The molecule has 0 fully saturated rings. The highest BCUT2D eigenvalue weighted by molar-refractivity contribution is 6.34. The van der Waals surface area contributed by atoms with E-state index in [1.54, 1.807) is 24.3 Å². The Morgan fingerprint density at radius 2 is 1.76 bits per heavy atom. The number of halogens is 2. The van der Waals surface area contributed by atoms with E-state index in [0.29, 0.717) is 16.3 Å². The quantitative estimate of drug-likeness (QED) is 0.897. The van der Waals surface area contributed by atoms with Crippen molar-refractivity contribution in [3.8, 4) is 0 Å². The molecule has 6 heteroatoms. The van der Waals surface area contributed by atoms with Crippen molar-refractivity contribution in [2.45, 2.75) is 6.42 Å². The van der Waals surface area contributed by atoms with Gasteiger partial charge in [-0.1, -0.05) is 41.4 Å². The Bertz CT molecular complexity index is 701. The van der Waals surface area contributed by atoms with E-state index in [1.165, 1.54) is 18.2 Å². The summed E-state index contributed by atoms with van der Waals surface area (Å²) < 4.78 is 0. The normalized spacial score (nSPS) is 10.2.